The molecular formula is C11H12F3NO5S. The molecule has 6 nitrogen and oxygen atoms in total. The van der Waals surface area contributed by atoms with Crippen molar-refractivity contribution in [1.29, 1.82) is 0 Å². The van der Waals surface area contributed by atoms with E-state index in [0.29, 0.717) is 7.11 Å². The highest BCUT2D eigenvalue weighted by atomic mass is 32.2. The van der Waals surface area contributed by atoms with Gasteiger partial charge in [0.25, 0.3) is 0 Å². The highest BCUT2D eigenvalue weighted by Gasteiger charge is 2.63. The number of aryl methyl sites for hydroxylation is 1. The Balaban J connectivity index is 3.34. The summed E-state index contributed by atoms with van der Waals surface area (Å²) in [5.74, 6) is -2.19. The van der Waals surface area contributed by atoms with Crippen LogP contribution in [0.2, 0.25) is 0 Å². The molecule has 0 heterocycles. The van der Waals surface area contributed by atoms with E-state index in [2.05, 4.69) is 4.74 Å². The zero-order valence-electron chi connectivity index (χ0n) is 10.9. The first-order valence-corrected chi connectivity index (χ1v) is 6.91. The van der Waals surface area contributed by atoms with Crippen molar-refractivity contribution in [1.82, 2.24) is 4.72 Å². The van der Waals surface area contributed by atoms with Gasteiger partial charge in [0.1, 0.15) is 0 Å². The van der Waals surface area contributed by atoms with Crippen LogP contribution in [0.4, 0.5) is 13.2 Å². The first-order valence-electron chi connectivity index (χ1n) is 5.43. The summed E-state index contributed by atoms with van der Waals surface area (Å²) in [7, 11) is -4.22. The molecule has 1 aromatic rings. The molecule has 0 saturated carbocycles. The van der Waals surface area contributed by atoms with Gasteiger partial charge in [-0.2, -0.15) is 17.9 Å². The maximum atomic E-state index is 12.8. The third-order valence-corrected chi connectivity index (χ3v) is 4.16. The van der Waals surface area contributed by atoms with Crippen LogP contribution in [0.3, 0.4) is 0 Å². The van der Waals surface area contributed by atoms with Gasteiger partial charge < -0.3 is 9.84 Å². The van der Waals surface area contributed by atoms with E-state index in [4.69, 9.17) is 0 Å². The molecular weight excluding hydrogens is 315 g/mol. The molecule has 0 unspecified atom stereocenters. The van der Waals surface area contributed by atoms with E-state index in [1.54, 1.807) is 0 Å². The van der Waals surface area contributed by atoms with Crippen LogP contribution in [-0.4, -0.2) is 38.5 Å². The number of nitrogens with one attached hydrogen (secondary N) is 1. The monoisotopic (exact) mass is 327 g/mol. The van der Waals surface area contributed by atoms with Crippen molar-refractivity contribution < 1.29 is 36.2 Å². The van der Waals surface area contributed by atoms with E-state index in [-0.39, 0.29) is 5.56 Å². The number of methoxy groups -OCH3 is 1. The number of carbonyl (C=O) groups is 1. The van der Waals surface area contributed by atoms with Crippen molar-refractivity contribution in [2.75, 3.05) is 7.11 Å². The molecule has 0 aromatic heterocycles. The molecule has 0 aliphatic rings. The van der Waals surface area contributed by atoms with Gasteiger partial charge in [-0.3, -0.25) is 0 Å². The summed E-state index contributed by atoms with van der Waals surface area (Å²) in [5.41, 5.74) is -4.23. The number of ether oxygens (including phenoxy) is 1. The van der Waals surface area contributed by atoms with E-state index >= 15 is 0 Å². The Morgan fingerprint density at radius 3 is 2.24 bits per heavy atom. The Morgan fingerprint density at radius 2 is 1.81 bits per heavy atom. The molecule has 0 amide bonds. The predicted molar refractivity (Wildman–Crippen MR) is 64.5 cm³/mol. The van der Waals surface area contributed by atoms with Crippen LogP contribution < -0.4 is 4.72 Å². The van der Waals surface area contributed by atoms with Gasteiger partial charge in [0.2, 0.25) is 10.0 Å². The highest BCUT2D eigenvalue weighted by molar-refractivity contribution is 7.89. The number of rotatable bonds is 4. The SMILES string of the molecule is COC(=O)[C@@](O)(NS(=O)(=O)c1ccccc1C)C(F)(F)F. The summed E-state index contributed by atoms with van der Waals surface area (Å²) >= 11 is 0. The number of halogens is 3. The molecule has 1 aromatic carbocycles. The molecule has 21 heavy (non-hydrogen) atoms. The Bertz CT molecular complexity index is 644. The summed E-state index contributed by atoms with van der Waals surface area (Å²) in [5, 5.41) is 9.41. The molecule has 0 spiro atoms. The number of benzene rings is 1. The number of carbonyl (C=O) groups excluding carboxylic acids is 1. The molecule has 0 bridgehead atoms. The van der Waals surface area contributed by atoms with Crippen molar-refractivity contribution in [3.63, 3.8) is 0 Å². The van der Waals surface area contributed by atoms with Crippen molar-refractivity contribution in [2.45, 2.75) is 23.7 Å². The standard InChI is InChI=1S/C11H12F3NO5S/c1-7-5-3-4-6-8(7)21(18,19)15-10(17,9(16)20-2)11(12,13)14/h3-6,15,17H,1-2H3/t10-/m0/s1. The van der Waals surface area contributed by atoms with E-state index < -0.39 is 32.8 Å². The number of hydrogen-bond donors (Lipinski definition) is 2. The quantitative estimate of drug-likeness (QED) is 0.627. The van der Waals surface area contributed by atoms with E-state index in [0.717, 1.165) is 10.8 Å². The minimum absolute atomic E-state index is 0.138. The summed E-state index contributed by atoms with van der Waals surface area (Å²) in [6.45, 7) is 1.35. The van der Waals surface area contributed by atoms with Gasteiger partial charge in [-0.1, -0.05) is 18.2 Å². The van der Waals surface area contributed by atoms with Gasteiger partial charge in [-0.05, 0) is 18.6 Å². The fourth-order valence-corrected chi connectivity index (χ4v) is 2.92. The second kappa shape index (κ2) is 5.62. The Morgan fingerprint density at radius 1 is 1.29 bits per heavy atom. The fourth-order valence-electron chi connectivity index (χ4n) is 1.47. The first-order chi connectivity index (χ1) is 9.45. The lowest BCUT2D eigenvalue weighted by Gasteiger charge is -2.28. The predicted octanol–water partition coefficient (Wildman–Crippen LogP) is 0.697. The van der Waals surface area contributed by atoms with Gasteiger partial charge in [-0.15, -0.1) is 0 Å². The first kappa shape index (κ1) is 17.4. The summed E-state index contributed by atoms with van der Waals surface area (Å²) in [6, 6.07) is 5.14. The molecule has 0 fully saturated rings. The third-order valence-electron chi connectivity index (χ3n) is 2.56. The Labute approximate surface area is 118 Å². The molecule has 0 saturated heterocycles. The van der Waals surface area contributed by atoms with Gasteiger partial charge >= 0.3 is 17.9 Å². The number of aliphatic hydroxyl groups is 1. The fraction of sp³-hybridized carbons (Fsp3) is 0.364. The topological polar surface area (TPSA) is 92.7 Å². The molecule has 0 radical (unpaired) electrons. The average molecular weight is 327 g/mol. The van der Waals surface area contributed by atoms with Crippen molar-refractivity contribution >= 4 is 16.0 Å². The maximum absolute atomic E-state index is 12.8. The van der Waals surface area contributed by atoms with Gasteiger partial charge in [0, 0.05) is 0 Å². The summed E-state index contributed by atoms with van der Waals surface area (Å²) < 4.78 is 67.1. The second-order valence-corrected chi connectivity index (χ2v) is 5.72. The molecule has 1 rings (SSSR count). The van der Waals surface area contributed by atoms with Crippen molar-refractivity contribution in [3.05, 3.63) is 29.8 Å². The third kappa shape index (κ3) is 3.34. The minimum Gasteiger partial charge on any atom is -0.466 e. The normalized spacial score (nSPS) is 15.3. The lowest BCUT2D eigenvalue weighted by atomic mass is 10.2. The second-order valence-electron chi connectivity index (χ2n) is 4.07. The van der Waals surface area contributed by atoms with Crippen LogP contribution in [0.5, 0.6) is 0 Å². The van der Waals surface area contributed by atoms with Crippen molar-refractivity contribution in [3.8, 4) is 0 Å². The van der Waals surface area contributed by atoms with Gasteiger partial charge in [0.15, 0.2) is 0 Å². The van der Waals surface area contributed by atoms with Crippen LogP contribution in [0.15, 0.2) is 29.2 Å². The minimum atomic E-state index is -5.60. The largest absolute Gasteiger partial charge is 0.466 e. The van der Waals surface area contributed by atoms with Crippen LogP contribution in [0.25, 0.3) is 0 Å². The van der Waals surface area contributed by atoms with Gasteiger partial charge in [0.05, 0.1) is 12.0 Å². The van der Waals surface area contributed by atoms with E-state index in [1.807, 2.05) is 0 Å². The number of sulfonamides is 1. The van der Waals surface area contributed by atoms with Crippen molar-refractivity contribution in [2.24, 2.45) is 0 Å². The van der Waals surface area contributed by atoms with Crippen LogP contribution >= 0.6 is 0 Å². The smallest absolute Gasteiger partial charge is 0.443 e. The molecule has 1 atom stereocenters. The lowest BCUT2D eigenvalue weighted by molar-refractivity contribution is -0.265. The lowest BCUT2D eigenvalue weighted by Crippen LogP contribution is -2.64. The maximum Gasteiger partial charge on any atom is 0.443 e. The van der Waals surface area contributed by atoms with E-state index in [1.165, 1.54) is 25.1 Å². The molecule has 0 aliphatic carbocycles. The van der Waals surface area contributed by atoms with Gasteiger partial charge in [-0.25, -0.2) is 13.2 Å². The van der Waals surface area contributed by atoms with Crippen LogP contribution in [-0.2, 0) is 19.6 Å². The summed E-state index contributed by atoms with van der Waals surface area (Å²) in [6.07, 6.45) is -5.60. The molecule has 118 valence electrons. The average Bonchev–Trinajstić information content (AvgIpc) is 2.36. The van der Waals surface area contributed by atoms with E-state index in [9.17, 15) is 31.5 Å². The number of hydrogen-bond acceptors (Lipinski definition) is 5. The Hall–Kier alpha value is -1.65. The number of alkyl halides is 3. The summed E-state index contributed by atoms with van der Waals surface area (Å²) in [4.78, 5) is 10.7. The molecule has 10 heteroatoms. The molecule has 0 aliphatic heterocycles. The number of esters is 1. The van der Waals surface area contributed by atoms with Crippen LogP contribution in [0.1, 0.15) is 5.56 Å². The highest BCUT2D eigenvalue weighted by Crippen LogP contribution is 2.31. The Kier molecular flexibility index (Phi) is 4.66. The molecule has 2 N–H and O–H groups in total. The van der Waals surface area contributed by atoms with Crippen LogP contribution in [0, 0.1) is 6.92 Å². The zero-order chi connectivity index (χ0) is 16.5. The zero-order valence-corrected chi connectivity index (χ0v) is 11.7.